The van der Waals surface area contributed by atoms with Gasteiger partial charge in [-0.3, -0.25) is 0 Å². The fourth-order valence-corrected chi connectivity index (χ4v) is 13.9. The normalized spacial score (nSPS) is 11.8. The van der Waals surface area contributed by atoms with Crippen molar-refractivity contribution in [1.82, 2.24) is 0 Å². The molecule has 0 atom stereocenters. The van der Waals surface area contributed by atoms with Gasteiger partial charge >= 0.3 is 0 Å². The van der Waals surface area contributed by atoms with E-state index in [9.17, 15) is 0 Å². The van der Waals surface area contributed by atoms with Crippen LogP contribution in [0, 0.1) is 0 Å². The van der Waals surface area contributed by atoms with Crippen molar-refractivity contribution in [1.29, 1.82) is 0 Å². The lowest BCUT2D eigenvalue weighted by Gasteiger charge is -2.19. The van der Waals surface area contributed by atoms with E-state index in [2.05, 4.69) is 267 Å². The Bertz CT molecular complexity index is 4680. The smallest absolute Gasteiger partial charge is 0.0449 e. The molecule has 0 fully saturated rings. The van der Waals surface area contributed by atoms with Crippen molar-refractivity contribution in [3.63, 3.8) is 0 Å². The third-order valence-corrected chi connectivity index (χ3v) is 17.7. The Labute approximate surface area is 437 Å². The maximum atomic E-state index is 2.46. The Morgan fingerprint density at radius 2 is 0.459 bits per heavy atom. The lowest BCUT2D eigenvalue weighted by molar-refractivity contribution is 1.65. The molecule has 0 unspecified atom stereocenters. The van der Waals surface area contributed by atoms with Gasteiger partial charge in [-0.05, 0) is 186 Å². The first-order valence-corrected chi connectivity index (χ1v) is 27.0. The molecule has 2 aromatic heterocycles. The average Bonchev–Trinajstić information content (AvgIpc) is 4.17. The van der Waals surface area contributed by atoms with Gasteiger partial charge in [-0.1, -0.05) is 212 Å². The minimum absolute atomic E-state index is 1.23. The first-order chi connectivity index (χ1) is 36.7. The summed E-state index contributed by atoms with van der Waals surface area (Å²) in [6.45, 7) is 0. The van der Waals surface area contributed by atoms with E-state index in [0.29, 0.717) is 0 Å². The predicted molar refractivity (Wildman–Crippen MR) is 323 cm³/mol. The van der Waals surface area contributed by atoms with Crippen LogP contribution in [0.3, 0.4) is 0 Å². The third-order valence-electron chi connectivity index (χ3n) is 15.2. The lowest BCUT2D eigenvalue weighted by Crippen LogP contribution is -1.92. The van der Waals surface area contributed by atoms with Crippen LogP contribution in [0.15, 0.2) is 267 Å². The summed E-state index contributed by atoms with van der Waals surface area (Å²) in [6.07, 6.45) is 0. The summed E-state index contributed by atoms with van der Waals surface area (Å²) >= 11 is 3.75. The number of benzene rings is 13. The third kappa shape index (κ3) is 7.10. The molecule has 15 aromatic rings. The summed E-state index contributed by atoms with van der Waals surface area (Å²) in [5.74, 6) is 0. The van der Waals surface area contributed by atoms with Crippen LogP contribution in [0.4, 0.5) is 0 Å². The van der Waals surface area contributed by atoms with Gasteiger partial charge < -0.3 is 0 Å². The van der Waals surface area contributed by atoms with Crippen molar-refractivity contribution in [2.75, 3.05) is 0 Å². The molecule has 74 heavy (non-hydrogen) atoms. The van der Waals surface area contributed by atoms with Gasteiger partial charge in [0.25, 0.3) is 0 Å². The van der Waals surface area contributed by atoms with E-state index in [4.69, 9.17) is 0 Å². The van der Waals surface area contributed by atoms with Crippen LogP contribution in [-0.4, -0.2) is 0 Å². The monoisotopic (exact) mass is 972 g/mol. The molecule has 0 N–H and O–H groups in total. The molecular formula is C72H44S2. The summed E-state index contributed by atoms with van der Waals surface area (Å²) in [5, 5.41) is 17.6. The average molecular weight is 973 g/mol. The molecule has 0 spiro atoms. The molecule has 0 saturated heterocycles. The van der Waals surface area contributed by atoms with Gasteiger partial charge in [-0.15, -0.1) is 22.7 Å². The van der Waals surface area contributed by atoms with Gasteiger partial charge in [0.1, 0.15) is 0 Å². The largest absolute Gasteiger partial charge is 0.134 e. The quantitative estimate of drug-likeness (QED) is 0.140. The molecule has 13 aromatic carbocycles. The molecule has 2 heteroatoms. The van der Waals surface area contributed by atoms with Gasteiger partial charge in [0, 0.05) is 19.5 Å². The number of fused-ring (bicyclic) bond motifs is 7. The summed E-state index contributed by atoms with van der Waals surface area (Å²) < 4.78 is 0. The second-order valence-electron chi connectivity index (χ2n) is 19.5. The molecular weight excluding hydrogens is 929 g/mol. The summed E-state index contributed by atoms with van der Waals surface area (Å²) in [5.41, 5.74) is 12.5. The zero-order valence-electron chi connectivity index (χ0n) is 40.2. The number of thiophene rings is 2. The van der Waals surface area contributed by atoms with E-state index in [0.717, 1.165) is 0 Å². The molecule has 0 bridgehead atoms. The minimum atomic E-state index is 1.23. The second-order valence-corrected chi connectivity index (χ2v) is 21.7. The molecule has 0 nitrogen and oxygen atoms in total. The molecule has 0 saturated carbocycles. The van der Waals surface area contributed by atoms with E-state index >= 15 is 0 Å². The summed E-state index contributed by atoms with van der Waals surface area (Å²) in [7, 11) is 0. The van der Waals surface area contributed by atoms with Crippen molar-refractivity contribution in [2.24, 2.45) is 0 Å². The predicted octanol–water partition coefficient (Wildman–Crippen LogP) is 21.6. The Morgan fingerprint density at radius 1 is 0.162 bits per heavy atom. The summed E-state index contributed by atoms with van der Waals surface area (Å²) in [6, 6.07) is 99.4. The van der Waals surface area contributed by atoms with Crippen molar-refractivity contribution >= 4 is 98.1 Å². The van der Waals surface area contributed by atoms with Crippen LogP contribution in [0.5, 0.6) is 0 Å². The molecule has 2 heterocycles. The van der Waals surface area contributed by atoms with Crippen molar-refractivity contribution < 1.29 is 0 Å². The van der Waals surface area contributed by atoms with Crippen LogP contribution in [0.25, 0.3) is 151 Å². The van der Waals surface area contributed by atoms with Crippen LogP contribution in [0.2, 0.25) is 0 Å². The standard InChI is InChI=1S/C72H44S2/c1-4-17-48-40-54(31-28-45(48)14-1)70-59-24-9-7-22-57(59)69(58-23-8-10-25-60(58)70)53-21-13-20-51(43-53)65-36-38-67(73-65)68-39-37-66(74-68)52-34-35-63-64(44-52)72(56-33-30-47-16-3-6-19-50(47)42-56)62-27-12-11-26-61(62)71(63)55-32-29-46-15-2-5-18-49(46)41-55/h1-44H. The SMILES string of the molecule is c1cc(-c2ccc(-c3ccc(-c4ccc5c(-c6ccc7ccccc7c6)c6ccccc6c(-c6ccc7ccccc7c6)c5c4)s3)s2)cc(-c2c3ccccc3c(-c3ccc4ccccc4c3)c3ccccc23)c1. The molecule has 344 valence electrons. The van der Waals surface area contributed by atoms with Crippen LogP contribution in [0.1, 0.15) is 0 Å². The Balaban J connectivity index is 0.825. The zero-order valence-corrected chi connectivity index (χ0v) is 41.9. The molecule has 0 aliphatic carbocycles. The highest BCUT2D eigenvalue weighted by molar-refractivity contribution is 7.25. The van der Waals surface area contributed by atoms with Gasteiger partial charge in [0.15, 0.2) is 0 Å². The number of hydrogen-bond acceptors (Lipinski definition) is 2. The van der Waals surface area contributed by atoms with Crippen molar-refractivity contribution in [2.45, 2.75) is 0 Å². The van der Waals surface area contributed by atoms with Gasteiger partial charge in [-0.2, -0.15) is 0 Å². The van der Waals surface area contributed by atoms with E-state index in [1.165, 1.54) is 151 Å². The van der Waals surface area contributed by atoms with Gasteiger partial charge in [0.05, 0.1) is 0 Å². The zero-order chi connectivity index (χ0) is 48.7. The molecule has 0 radical (unpaired) electrons. The van der Waals surface area contributed by atoms with Crippen molar-refractivity contribution in [3.8, 4) is 75.1 Å². The Hall–Kier alpha value is -8.92. The maximum absolute atomic E-state index is 2.46. The van der Waals surface area contributed by atoms with Crippen LogP contribution < -0.4 is 0 Å². The Kier molecular flexibility index (Phi) is 10.0. The highest BCUT2D eigenvalue weighted by Gasteiger charge is 2.21. The molecule has 15 rings (SSSR count). The van der Waals surface area contributed by atoms with E-state index in [1.807, 2.05) is 22.7 Å². The number of rotatable bonds is 7. The summed E-state index contributed by atoms with van der Waals surface area (Å²) in [4.78, 5) is 5.07. The molecule has 0 aliphatic heterocycles. The topological polar surface area (TPSA) is 0 Å². The number of hydrogen-bond donors (Lipinski definition) is 0. The molecule has 0 aliphatic rings. The van der Waals surface area contributed by atoms with Crippen LogP contribution >= 0.6 is 22.7 Å². The van der Waals surface area contributed by atoms with E-state index in [1.54, 1.807) is 0 Å². The first-order valence-electron chi connectivity index (χ1n) is 25.4. The fraction of sp³-hybridized carbons (Fsp3) is 0. The maximum Gasteiger partial charge on any atom is 0.0449 e. The van der Waals surface area contributed by atoms with E-state index < -0.39 is 0 Å². The first kappa shape index (κ1) is 42.7. The minimum Gasteiger partial charge on any atom is -0.134 e. The van der Waals surface area contributed by atoms with Gasteiger partial charge in [0.2, 0.25) is 0 Å². The van der Waals surface area contributed by atoms with Gasteiger partial charge in [-0.25, -0.2) is 0 Å². The van der Waals surface area contributed by atoms with E-state index in [-0.39, 0.29) is 0 Å². The highest BCUT2D eigenvalue weighted by Crippen LogP contribution is 2.49. The molecule has 0 amide bonds. The second kappa shape index (κ2) is 17.4. The fourth-order valence-electron chi connectivity index (χ4n) is 11.8. The Morgan fingerprint density at radius 3 is 0.878 bits per heavy atom. The highest BCUT2D eigenvalue weighted by atomic mass is 32.1. The van der Waals surface area contributed by atoms with Crippen LogP contribution in [-0.2, 0) is 0 Å². The van der Waals surface area contributed by atoms with Crippen molar-refractivity contribution in [3.05, 3.63) is 267 Å². The lowest BCUT2D eigenvalue weighted by atomic mass is 9.84.